The Labute approximate surface area is 156 Å². The van der Waals surface area contributed by atoms with Crippen LogP contribution in [0.2, 0.25) is 0 Å². The molecule has 7 nitrogen and oxygen atoms in total. The van der Waals surface area contributed by atoms with E-state index >= 15 is 0 Å². The SMILES string of the molecule is COc1ccc2c(c1)C1=NN(C(C)=O)[C@@H](c3cccc([N+](=O)[O-])c3)[C@H]1CC2. The Morgan fingerprint density at radius 3 is 2.81 bits per heavy atom. The molecule has 1 heterocycles. The Balaban J connectivity index is 1.81. The number of fused-ring (bicyclic) bond motifs is 3. The van der Waals surface area contributed by atoms with Gasteiger partial charge in [0.15, 0.2) is 0 Å². The van der Waals surface area contributed by atoms with Gasteiger partial charge in [-0.15, -0.1) is 0 Å². The highest BCUT2D eigenvalue weighted by molar-refractivity contribution is 6.07. The van der Waals surface area contributed by atoms with Gasteiger partial charge in [0.05, 0.1) is 23.8 Å². The number of methoxy groups -OCH3 is 1. The Morgan fingerprint density at radius 2 is 2.11 bits per heavy atom. The molecule has 2 aromatic rings. The van der Waals surface area contributed by atoms with E-state index in [1.807, 2.05) is 24.3 Å². The van der Waals surface area contributed by atoms with Crippen LogP contribution < -0.4 is 4.74 Å². The lowest BCUT2D eigenvalue weighted by atomic mass is 9.77. The molecule has 27 heavy (non-hydrogen) atoms. The average molecular weight is 365 g/mol. The van der Waals surface area contributed by atoms with Gasteiger partial charge in [-0.2, -0.15) is 5.10 Å². The number of hydrogen-bond acceptors (Lipinski definition) is 5. The summed E-state index contributed by atoms with van der Waals surface area (Å²) in [6.45, 7) is 1.47. The van der Waals surface area contributed by atoms with Crippen LogP contribution in [-0.4, -0.2) is 28.7 Å². The van der Waals surface area contributed by atoms with Crippen molar-refractivity contribution in [1.82, 2.24) is 5.01 Å². The molecule has 0 spiro atoms. The fourth-order valence-corrected chi connectivity index (χ4v) is 4.03. The number of aryl methyl sites for hydroxylation is 1. The molecule has 1 aliphatic heterocycles. The lowest BCUT2D eigenvalue weighted by molar-refractivity contribution is -0.385. The van der Waals surface area contributed by atoms with Crippen LogP contribution in [0, 0.1) is 16.0 Å². The van der Waals surface area contributed by atoms with E-state index in [9.17, 15) is 14.9 Å². The summed E-state index contributed by atoms with van der Waals surface area (Å²) in [5.74, 6) is 0.554. The molecule has 1 amide bonds. The van der Waals surface area contributed by atoms with E-state index in [2.05, 4.69) is 5.10 Å². The van der Waals surface area contributed by atoms with Crippen LogP contribution in [-0.2, 0) is 11.2 Å². The number of non-ortho nitro benzene ring substituents is 1. The molecular weight excluding hydrogens is 346 g/mol. The van der Waals surface area contributed by atoms with Gasteiger partial charge in [-0.25, -0.2) is 5.01 Å². The van der Waals surface area contributed by atoms with Gasteiger partial charge in [0, 0.05) is 30.5 Å². The van der Waals surface area contributed by atoms with Gasteiger partial charge >= 0.3 is 0 Å². The van der Waals surface area contributed by atoms with Crippen LogP contribution in [0.5, 0.6) is 5.75 Å². The summed E-state index contributed by atoms with van der Waals surface area (Å²) >= 11 is 0. The monoisotopic (exact) mass is 365 g/mol. The summed E-state index contributed by atoms with van der Waals surface area (Å²) < 4.78 is 5.35. The van der Waals surface area contributed by atoms with Crippen molar-refractivity contribution in [2.45, 2.75) is 25.8 Å². The fraction of sp³-hybridized carbons (Fsp3) is 0.300. The second-order valence-electron chi connectivity index (χ2n) is 6.81. The number of nitro groups is 1. The van der Waals surface area contributed by atoms with E-state index in [0.717, 1.165) is 35.4 Å². The molecular formula is C20H19N3O4. The number of benzene rings is 2. The number of hydrogen-bond donors (Lipinski definition) is 0. The third kappa shape index (κ3) is 2.85. The zero-order chi connectivity index (χ0) is 19.1. The zero-order valence-electron chi connectivity index (χ0n) is 15.1. The molecule has 0 unspecified atom stereocenters. The minimum absolute atomic E-state index is 0.00416. The Kier molecular flexibility index (Phi) is 4.14. The molecule has 4 rings (SSSR count). The van der Waals surface area contributed by atoms with Crippen molar-refractivity contribution in [3.05, 3.63) is 69.3 Å². The van der Waals surface area contributed by atoms with Crippen molar-refractivity contribution < 1.29 is 14.5 Å². The van der Waals surface area contributed by atoms with Gasteiger partial charge in [0.1, 0.15) is 5.75 Å². The maximum absolute atomic E-state index is 12.3. The molecule has 2 aromatic carbocycles. The highest BCUT2D eigenvalue weighted by Crippen LogP contribution is 2.44. The van der Waals surface area contributed by atoms with Gasteiger partial charge in [-0.05, 0) is 36.1 Å². The predicted octanol–water partition coefficient (Wildman–Crippen LogP) is 3.47. The second kappa shape index (κ2) is 6.50. The molecule has 0 bridgehead atoms. The first-order chi connectivity index (χ1) is 13.0. The molecule has 0 saturated heterocycles. The number of nitrogens with zero attached hydrogens (tertiary/aromatic N) is 3. The van der Waals surface area contributed by atoms with Gasteiger partial charge < -0.3 is 4.74 Å². The summed E-state index contributed by atoms with van der Waals surface area (Å²) in [4.78, 5) is 23.1. The molecule has 0 N–H and O–H groups in total. The van der Waals surface area contributed by atoms with Crippen molar-refractivity contribution >= 4 is 17.3 Å². The first-order valence-electron chi connectivity index (χ1n) is 8.79. The molecule has 2 atom stereocenters. The molecule has 2 aliphatic rings. The average Bonchev–Trinajstić information content (AvgIpc) is 3.08. The lowest BCUT2D eigenvalue weighted by Crippen LogP contribution is -2.31. The Bertz CT molecular complexity index is 969. The molecule has 1 aliphatic carbocycles. The number of carbonyl (C=O) groups is 1. The lowest BCUT2D eigenvalue weighted by Gasteiger charge is -2.29. The van der Waals surface area contributed by atoms with Gasteiger partial charge in [0.2, 0.25) is 5.91 Å². The Hall–Kier alpha value is -3.22. The first kappa shape index (κ1) is 17.2. The van der Waals surface area contributed by atoms with E-state index in [1.165, 1.54) is 23.6 Å². The fourth-order valence-electron chi connectivity index (χ4n) is 4.03. The Morgan fingerprint density at radius 1 is 1.30 bits per heavy atom. The summed E-state index contributed by atoms with van der Waals surface area (Å²) in [5, 5.41) is 17.3. The highest BCUT2D eigenvalue weighted by atomic mass is 16.6. The largest absolute Gasteiger partial charge is 0.497 e. The van der Waals surface area contributed by atoms with Gasteiger partial charge in [-0.1, -0.05) is 18.2 Å². The quantitative estimate of drug-likeness (QED) is 0.616. The smallest absolute Gasteiger partial charge is 0.269 e. The maximum atomic E-state index is 12.3. The van der Waals surface area contributed by atoms with Gasteiger partial charge in [0.25, 0.3) is 5.69 Å². The summed E-state index contributed by atoms with van der Waals surface area (Å²) in [6, 6.07) is 12.1. The first-order valence-corrected chi connectivity index (χ1v) is 8.79. The van der Waals surface area contributed by atoms with E-state index in [0.29, 0.717) is 0 Å². The molecule has 138 valence electrons. The van der Waals surface area contributed by atoms with E-state index in [4.69, 9.17) is 4.74 Å². The molecule has 0 saturated carbocycles. The van der Waals surface area contributed by atoms with E-state index in [-0.39, 0.29) is 23.6 Å². The van der Waals surface area contributed by atoms with Crippen LogP contribution in [0.1, 0.15) is 36.1 Å². The third-order valence-electron chi connectivity index (χ3n) is 5.27. The maximum Gasteiger partial charge on any atom is 0.269 e. The van der Waals surface area contributed by atoms with Crippen molar-refractivity contribution in [3.8, 4) is 5.75 Å². The van der Waals surface area contributed by atoms with Crippen molar-refractivity contribution in [2.75, 3.05) is 7.11 Å². The molecule has 0 fully saturated rings. The minimum Gasteiger partial charge on any atom is -0.497 e. The highest BCUT2D eigenvalue weighted by Gasteiger charge is 2.43. The molecule has 0 radical (unpaired) electrons. The normalized spacial score (nSPS) is 20.5. The van der Waals surface area contributed by atoms with E-state index < -0.39 is 4.92 Å². The number of hydrazone groups is 1. The third-order valence-corrected chi connectivity index (χ3v) is 5.27. The zero-order valence-corrected chi connectivity index (χ0v) is 15.1. The van der Waals surface area contributed by atoms with Crippen LogP contribution in [0.25, 0.3) is 0 Å². The van der Waals surface area contributed by atoms with Crippen LogP contribution >= 0.6 is 0 Å². The van der Waals surface area contributed by atoms with Crippen LogP contribution in [0.3, 0.4) is 0 Å². The number of carbonyl (C=O) groups excluding carboxylic acids is 1. The van der Waals surface area contributed by atoms with Crippen molar-refractivity contribution in [3.63, 3.8) is 0 Å². The topological polar surface area (TPSA) is 85.0 Å². The van der Waals surface area contributed by atoms with E-state index in [1.54, 1.807) is 19.2 Å². The number of rotatable bonds is 3. The summed E-state index contributed by atoms with van der Waals surface area (Å²) in [6.07, 6.45) is 1.69. The number of ether oxygens (including phenoxy) is 1. The predicted molar refractivity (Wildman–Crippen MR) is 99.7 cm³/mol. The molecule has 0 aromatic heterocycles. The standard InChI is InChI=1S/C20H19N3O4/c1-12(24)22-20(14-4-3-5-15(10-14)23(25)26)17-9-7-13-6-8-16(27-2)11-18(13)19(17)21-22/h3-6,8,10-11,17,20H,7,9H2,1-2H3/t17-,20-/m0/s1. The van der Waals surface area contributed by atoms with Crippen molar-refractivity contribution in [2.24, 2.45) is 11.0 Å². The van der Waals surface area contributed by atoms with Gasteiger partial charge in [-0.3, -0.25) is 14.9 Å². The summed E-state index contributed by atoms with van der Waals surface area (Å²) in [7, 11) is 1.62. The summed E-state index contributed by atoms with van der Waals surface area (Å²) in [5.41, 5.74) is 3.76. The minimum atomic E-state index is -0.417. The van der Waals surface area contributed by atoms with Crippen molar-refractivity contribution in [1.29, 1.82) is 0 Å². The van der Waals surface area contributed by atoms with Crippen LogP contribution in [0.4, 0.5) is 5.69 Å². The van der Waals surface area contributed by atoms with Crippen LogP contribution in [0.15, 0.2) is 47.6 Å². The second-order valence-corrected chi connectivity index (χ2v) is 6.81. The number of nitro benzene ring substituents is 1. The number of amides is 1. The molecule has 7 heteroatoms.